The van der Waals surface area contributed by atoms with Crippen molar-refractivity contribution >= 4 is 11.6 Å². The molecule has 2 heterocycles. The summed E-state index contributed by atoms with van der Waals surface area (Å²) in [6.07, 6.45) is 7.93. The molecule has 1 fully saturated rings. The molecule has 2 rings (SSSR count). The van der Waals surface area contributed by atoms with E-state index < -0.39 is 0 Å². The molecule has 0 radical (unpaired) electrons. The molecular weight excluding hydrogens is 236 g/mol. The largest absolute Gasteiger partial charge is 0.383 e. The number of nitrogens with zero attached hydrogens (tertiary/aromatic N) is 3. The first-order valence-corrected chi connectivity index (χ1v) is 7.52. The Hall–Kier alpha value is -1.32. The van der Waals surface area contributed by atoms with Crippen LogP contribution in [-0.2, 0) is 0 Å². The Labute approximate surface area is 116 Å². The number of hydrogen-bond donors (Lipinski definition) is 1. The number of aromatic nitrogens is 2. The summed E-state index contributed by atoms with van der Waals surface area (Å²) < 4.78 is 0. The van der Waals surface area contributed by atoms with E-state index in [1.165, 1.54) is 32.1 Å². The molecule has 19 heavy (non-hydrogen) atoms. The average molecular weight is 262 g/mol. The second kappa shape index (κ2) is 6.22. The minimum Gasteiger partial charge on any atom is -0.383 e. The summed E-state index contributed by atoms with van der Waals surface area (Å²) in [5.41, 5.74) is 7.19. The van der Waals surface area contributed by atoms with Crippen LogP contribution in [0.15, 0.2) is 6.33 Å². The topological polar surface area (TPSA) is 55.0 Å². The summed E-state index contributed by atoms with van der Waals surface area (Å²) in [6, 6.07) is 0.592. The molecule has 1 saturated heterocycles. The highest BCUT2D eigenvalue weighted by Gasteiger charge is 2.25. The Bertz CT molecular complexity index is 417. The predicted molar refractivity (Wildman–Crippen MR) is 80.4 cm³/mol. The molecule has 0 spiro atoms. The van der Waals surface area contributed by atoms with E-state index in [4.69, 9.17) is 5.73 Å². The van der Waals surface area contributed by atoms with E-state index in [1.54, 1.807) is 6.33 Å². The van der Waals surface area contributed by atoms with E-state index in [1.807, 2.05) is 0 Å². The van der Waals surface area contributed by atoms with Crippen LogP contribution in [0.3, 0.4) is 0 Å². The van der Waals surface area contributed by atoms with Crippen LogP contribution in [0, 0.1) is 0 Å². The molecule has 0 amide bonds. The van der Waals surface area contributed by atoms with Crippen LogP contribution in [0.4, 0.5) is 11.6 Å². The van der Waals surface area contributed by atoms with Crippen molar-refractivity contribution < 1.29 is 0 Å². The highest BCUT2D eigenvalue weighted by Crippen LogP contribution is 2.33. The van der Waals surface area contributed by atoms with Crippen molar-refractivity contribution in [2.75, 3.05) is 17.2 Å². The highest BCUT2D eigenvalue weighted by atomic mass is 15.2. The molecule has 0 aromatic carbocycles. The van der Waals surface area contributed by atoms with E-state index >= 15 is 0 Å². The molecule has 4 heteroatoms. The summed E-state index contributed by atoms with van der Waals surface area (Å²) in [4.78, 5) is 11.2. The standard InChI is InChI=1S/C15H26N4/c1-4-12-8-6-5-7-9-19(12)15-13(11(2)3)14(16)17-10-18-15/h10-12H,4-9H2,1-3H3,(H2,16,17,18). The van der Waals surface area contributed by atoms with Crippen molar-refractivity contribution in [2.45, 2.75) is 64.8 Å². The van der Waals surface area contributed by atoms with Gasteiger partial charge in [-0.1, -0.05) is 33.6 Å². The number of anilines is 2. The van der Waals surface area contributed by atoms with Crippen LogP contribution in [-0.4, -0.2) is 22.6 Å². The second-order valence-electron chi connectivity index (χ2n) is 5.76. The Kier molecular flexibility index (Phi) is 4.61. The van der Waals surface area contributed by atoms with Crippen molar-refractivity contribution in [3.8, 4) is 0 Å². The van der Waals surface area contributed by atoms with Gasteiger partial charge in [-0.05, 0) is 25.2 Å². The number of nitrogens with two attached hydrogens (primary N) is 1. The highest BCUT2D eigenvalue weighted by molar-refractivity contribution is 5.58. The van der Waals surface area contributed by atoms with Crippen molar-refractivity contribution in [2.24, 2.45) is 0 Å². The van der Waals surface area contributed by atoms with Gasteiger partial charge in [-0.3, -0.25) is 0 Å². The van der Waals surface area contributed by atoms with Crippen LogP contribution in [0.25, 0.3) is 0 Å². The third kappa shape index (κ3) is 2.99. The maximum atomic E-state index is 6.08. The number of hydrogen-bond acceptors (Lipinski definition) is 4. The molecule has 4 nitrogen and oxygen atoms in total. The van der Waals surface area contributed by atoms with Gasteiger partial charge < -0.3 is 10.6 Å². The van der Waals surface area contributed by atoms with E-state index in [2.05, 4.69) is 35.6 Å². The van der Waals surface area contributed by atoms with Crippen molar-refractivity contribution in [3.05, 3.63) is 11.9 Å². The summed E-state index contributed by atoms with van der Waals surface area (Å²) in [5.74, 6) is 2.06. The number of nitrogen functional groups attached to an aromatic ring is 1. The van der Waals surface area contributed by atoms with E-state index in [9.17, 15) is 0 Å². The van der Waals surface area contributed by atoms with Crippen LogP contribution < -0.4 is 10.6 Å². The van der Waals surface area contributed by atoms with Crippen LogP contribution >= 0.6 is 0 Å². The maximum absolute atomic E-state index is 6.08. The first kappa shape index (κ1) is 14.1. The molecular formula is C15H26N4. The van der Waals surface area contributed by atoms with E-state index in [-0.39, 0.29) is 0 Å². The fourth-order valence-corrected chi connectivity index (χ4v) is 3.06. The Morgan fingerprint density at radius 1 is 1.32 bits per heavy atom. The van der Waals surface area contributed by atoms with Gasteiger partial charge in [0, 0.05) is 18.2 Å². The van der Waals surface area contributed by atoms with Gasteiger partial charge in [-0.15, -0.1) is 0 Å². The lowest BCUT2D eigenvalue weighted by Crippen LogP contribution is -2.36. The van der Waals surface area contributed by atoms with Crippen molar-refractivity contribution in [3.63, 3.8) is 0 Å². The Morgan fingerprint density at radius 3 is 2.79 bits per heavy atom. The second-order valence-corrected chi connectivity index (χ2v) is 5.76. The van der Waals surface area contributed by atoms with Gasteiger partial charge in [0.15, 0.2) is 0 Å². The zero-order chi connectivity index (χ0) is 13.8. The molecule has 1 aromatic heterocycles. The Balaban J connectivity index is 2.40. The van der Waals surface area contributed by atoms with Crippen LogP contribution in [0.5, 0.6) is 0 Å². The summed E-state index contributed by atoms with van der Waals surface area (Å²) in [6.45, 7) is 7.69. The van der Waals surface area contributed by atoms with Crippen molar-refractivity contribution in [1.29, 1.82) is 0 Å². The Morgan fingerprint density at radius 2 is 2.11 bits per heavy atom. The third-order valence-corrected chi connectivity index (χ3v) is 4.09. The summed E-state index contributed by atoms with van der Waals surface area (Å²) >= 11 is 0. The maximum Gasteiger partial charge on any atom is 0.137 e. The third-order valence-electron chi connectivity index (χ3n) is 4.09. The smallest absolute Gasteiger partial charge is 0.137 e. The lowest BCUT2D eigenvalue weighted by molar-refractivity contribution is 0.549. The van der Waals surface area contributed by atoms with Gasteiger partial charge in [-0.2, -0.15) is 0 Å². The molecule has 0 bridgehead atoms. The molecule has 0 aliphatic carbocycles. The predicted octanol–water partition coefficient (Wildman–Crippen LogP) is 3.34. The SMILES string of the molecule is CCC1CCCCCN1c1ncnc(N)c1C(C)C. The zero-order valence-corrected chi connectivity index (χ0v) is 12.4. The molecule has 1 aliphatic rings. The van der Waals surface area contributed by atoms with E-state index in [0.29, 0.717) is 17.8 Å². The van der Waals surface area contributed by atoms with Gasteiger partial charge in [0.25, 0.3) is 0 Å². The van der Waals surface area contributed by atoms with Crippen molar-refractivity contribution in [1.82, 2.24) is 9.97 Å². The molecule has 1 atom stereocenters. The summed E-state index contributed by atoms with van der Waals surface area (Å²) in [5, 5.41) is 0. The summed E-state index contributed by atoms with van der Waals surface area (Å²) in [7, 11) is 0. The minimum absolute atomic E-state index is 0.358. The fraction of sp³-hybridized carbons (Fsp3) is 0.733. The van der Waals surface area contributed by atoms with Gasteiger partial charge in [0.05, 0.1) is 0 Å². The van der Waals surface area contributed by atoms with Gasteiger partial charge in [0.2, 0.25) is 0 Å². The van der Waals surface area contributed by atoms with Crippen LogP contribution in [0.1, 0.15) is 64.4 Å². The lowest BCUT2D eigenvalue weighted by atomic mass is 10.0. The molecule has 106 valence electrons. The van der Waals surface area contributed by atoms with Gasteiger partial charge in [-0.25, -0.2) is 9.97 Å². The average Bonchev–Trinajstić information content (AvgIpc) is 2.62. The molecule has 1 aromatic rings. The fourth-order valence-electron chi connectivity index (χ4n) is 3.06. The molecule has 2 N–H and O–H groups in total. The lowest BCUT2D eigenvalue weighted by Gasteiger charge is -2.32. The normalized spacial score (nSPS) is 20.6. The number of rotatable bonds is 3. The first-order valence-electron chi connectivity index (χ1n) is 7.52. The quantitative estimate of drug-likeness (QED) is 0.907. The first-order chi connectivity index (χ1) is 9.15. The van der Waals surface area contributed by atoms with Gasteiger partial charge >= 0.3 is 0 Å². The van der Waals surface area contributed by atoms with Crippen LogP contribution in [0.2, 0.25) is 0 Å². The van der Waals surface area contributed by atoms with Gasteiger partial charge in [0.1, 0.15) is 18.0 Å². The zero-order valence-electron chi connectivity index (χ0n) is 12.4. The minimum atomic E-state index is 0.358. The molecule has 1 unspecified atom stereocenters. The monoisotopic (exact) mass is 262 g/mol. The van der Waals surface area contributed by atoms with E-state index in [0.717, 1.165) is 17.9 Å². The molecule has 1 aliphatic heterocycles. The molecule has 0 saturated carbocycles.